The molecule has 3 rings (SSSR count). The molecule has 2 aliphatic rings. The van der Waals surface area contributed by atoms with Crippen LogP contribution in [0.5, 0.6) is 0 Å². The van der Waals surface area contributed by atoms with E-state index < -0.39 is 5.54 Å². The minimum atomic E-state index is -0.639. The van der Waals surface area contributed by atoms with Crippen LogP contribution >= 0.6 is 15.9 Å². The van der Waals surface area contributed by atoms with E-state index in [-0.39, 0.29) is 11.9 Å². The smallest absolute Gasteiger partial charge is 0.323 e. The Morgan fingerprint density at radius 1 is 1.14 bits per heavy atom. The molecule has 112 valence electrons. The van der Waals surface area contributed by atoms with Crippen LogP contribution in [0.1, 0.15) is 44.1 Å². The third-order valence-corrected chi connectivity index (χ3v) is 4.93. The quantitative estimate of drug-likeness (QED) is 0.828. The molecule has 1 aliphatic carbocycles. The minimum absolute atomic E-state index is 0.0469. The molecule has 0 radical (unpaired) electrons. The van der Waals surface area contributed by atoms with Crippen molar-refractivity contribution in [2.45, 2.75) is 50.6 Å². The molecule has 1 aromatic rings. The summed E-state index contributed by atoms with van der Waals surface area (Å²) in [6.45, 7) is 0.339. The van der Waals surface area contributed by atoms with Crippen LogP contribution in [0.2, 0.25) is 0 Å². The SMILES string of the molecule is O=C1NC2(CCCCCC2)C(=O)N1Cc1cccc(Br)c1. The lowest BCUT2D eigenvalue weighted by Gasteiger charge is -2.24. The number of rotatable bonds is 2. The van der Waals surface area contributed by atoms with Gasteiger partial charge in [0.25, 0.3) is 5.91 Å². The number of hydrogen-bond acceptors (Lipinski definition) is 2. The molecule has 1 aromatic carbocycles. The normalized spacial score (nSPS) is 21.5. The lowest BCUT2D eigenvalue weighted by atomic mass is 9.90. The molecule has 1 aliphatic heterocycles. The summed E-state index contributed by atoms with van der Waals surface area (Å²) < 4.78 is 0.955. The molecule has 4 nitrogen and oxygen atoms in total. The minimum Gasteiger partial charge on any atom is -0.323 e. The van der Waals surface area contributed by atoms with Crippen LogP contribution in [0, 0.1) is 0 Å². The van der Waals surface area contributed by atoms with E-state index >= 15 is 0 Å². The van der Waals surface area contributed by atoms with Gasteiger partial charge in [-0.3, -0.25) is 9.69 Å². The standard InChI is InChI=1S/C16H19BrN2O2/c17-13-7-5-6-12(10-13)11-19-14(20)16(18-15(19)21)8-3-1-2-4-9-16/h5-7,10H,1-4,8-9,11H2,(H,18,21). The molecule has 0 bridgehead atoms. The first-order valence-electron chi connectivity index (χ1n) is 7.49. The molecule has 1 N–H and O–H groups in total. The molecule has 1 heterocycles. The van der Waals surface area contributed by atoms with Crippen molar-refractivity contribution in [1.29, 1.82) is 0 Å². The summed E-state index contributed by atoms with van der Waals surface area (Å²) in [6.07, 6.45) is 5.86. The third kappa shape index (κ3) is 2.84. The van der Waals surface area contributed by atoms with Gasteiger partial charge in [-0.2, -0.15) is 0 Å². The highest BCUT2D eigenvalue weighted by molar-refractivity contribution is 9.10. The predicted octanol–water partition coefficient (Wildman–Crippen LogP) is 3.59. The first kappa shape index (κ1) is 14.6. The molecule has 3 amide bonds. The van der Waals surface area contributed by atoms with Crippen LogP contribution in [-0.4, -0.2) is 22.4 Å². The van der Waals surface area contributed by atoms with Crippen LogP contribution in [0.25, 0.3) is 0 Å². The summed E-state index contributed by atoms with van der Waals surface area (Å²) in [5, 5.41) is 2.97. The molecule has 0 aromatic heterocycles. The zero-order chi connectivity index (χ0) is 14.9. The van der Waals surface area contributed by atoms with E-state index in [9.17, 15) is 9.59 Å². The largest absolute Gasteiger partial charge is 0.325 e. The number of benzene rings is 1. The monoisotopic (exact) mass is 350 g/mol. The summed E-state index contributed by atoms with van der Waals surface area (Å²) >= 11 is 3.42. The lowest BCUT2D eigenvalue weighted by Crippen LogP contribution is -2.46. The molecule has 5 heteroatoms. The highest BCUT2D eigenvalue weighted by Gasteiger charge is 2.50. The molecule has 1 saturated carbocycles. The van der Waals surface area contributed by atoms with E-state index in [0.29, 0.717) is 6.54 Å². The Labute approximate surface area is 133 Å². The van der Waals surface area contributed by atoms with Crippen molar-refractivity contribution in [2.24, 2.45) is 0 Å². The number of nitrogens with zero attached hydrogens (tertiary/aromatic N) is 1. The van der Waals surface area contributed by atoms with E-state index in [4.69, 9.17) is 0 Å². The fraction of sp³-hybridized carbons (Fsp3) is 0.500. The van der Waals surface area contributed by atoms with Crippen molar-refractivity contribution in [1.82, 2.24) is 10.2 Å². The van der Waals surface area contributed by atoms with Crippen LogP contribution in [-0.2, 0) is 11.3 Å². The van der Waals surface area contributed by atoms with Crippen molar-refractivity contribution in [3.8, 4) is 0 Å². The van der Waals surface area contributed by atoms with Crippen molar-refractivity contribution in [3.05, 3.63) is 34.3 Å². The third-order valence-electron chi connectivity index (χ3n) is 4.43. The zero-order valence-corrected chi connectivity index (χ0v) is 13.5. The Hall–Kier alpha value is -1.36. The van der Waals surface area contributed by atoms with Crippen LogP contribution in [0.3, 0.4) is 0 Å². The fourth-order valence-electron chi connectivity index (χ4n) is 3.31. The van der Waals surface area contributed by atoms with E-state index in [1.165, 1.54) is 4.90 Å². The van der Waals surface area contributed by atoms with E-state index in [1.807, 2.05) is 24.3 Å². The van der Waals surface area contributed by atoms with Gasteiger partial charge in [-0.15, -0.1) is 0 Å². The van der Waals surface area contributed by atoms with Gasteiger partial charge in [0.1, 0.15) is 5.54 Å². The number of hydrogen-bond donors (Lipinski definition) is 1. The number of halogens is 1. The first-order chi connectivity index (χ1) is 10.1. The van der Waals surface area contributed by atoms with Crippen LogP contribution < -0.4 is 5.32 Å². The van der Waals surface area contributed by atoms with Gasteiger partial charge in [0.15, 0.2) is 0 Å². The number of carbonyl (C=O) groups is 2. The van der Waals surface area contributed by atoms with E-state index in [1.54, 1.807) is 0 Å². The number of carbonyl (C=O) groups excluding carboxylic acids is 2. The predicted molar refractivity (Wildman–Crippen MR) is 83.7 cm³/mol. The molecule has 2 fully saturated rings. The Morgan fingerprint density at radius 3 is 2.52 bits per heavy atom. The van der Waals surface area contributed by atoms with Gasteiger partial charge in [0, 0.05) is 4.47 Å². The molecular weight excluding hydrogens is 332 g/mol. The summed E-state index contributed by atoms with van der Waals surface area (Å²) in [7, 11) is 0. The van der Waals surface area contributed by atoms with Gasteiger partial charge in [-0.1, -0.05) is 53.7 Å². The number of nitrogens with one attached hydrogen (secondary N) is 1. The summed E-state index contributed by atoms with van der Waals surface area (Å²) in [5.41, 5.74) is 0.318. The zero-order valence-electron chi connectivity index (χ0n) is 11.9. The average Bonchev–Trinajstić information content (AvgIpc) is 2.63. The number of urea groups is 1. The fourth-order valence-corrected chi connectivity index (χ4v) is 3.76. The van der Waals surface area contributed by atoms with Gasteiger partial charge in [0.05, 0.1) is 6.54 Å². The Bertz CT molecular complexity index is 565. The number of imide groups is 1. The first-order valence-corrected chi connectivity index (χ1v) is 8.29. The van der Waals surface area contributed by atoms with Crippen molar-refractivity contribution >= 4 is 27.9 Å². The maximum Gasteiger partial charge on any atom is 0.325 e. The van der Waals surface area contributed by atoms with E-state index in [0.717, 1.165) is 48.6 Å². The lowest BCUT2D eigenvalue weighted by molar-refractivity contribution is -0.132. The average molecular weight is 351 g/mol. The highest BCUT2D eigenvalue weighted by atomic mass is 79.9. The Morgan fingerprint density at radius 2 is 1.86 bits per heavy atom. The van der Waals surface area contributed by atoms with Crippen LogP contribution in [0.15, 0.2) is 28.7 Å². The van der Waals surface area contributed by atoms with Gasteiger partial charge in [0.2, 0.25) is 0 Å². The molecule has 1 spiro atoms. The maximum atomic E-state index is 12.8. The van der Waals surface area contributed by atoms with Gasteiger partial charge in [-0.25, -0.2) is 4.79 Å². The highest BCUT2D eigenvalue weighted by Crippen LogP contribution is 2.33. The summed E-state index contributed by atoms with van der Waals surface area (Å²) in [5.74, 6) is -0.0469. The molecule has 1 saturated heterocycles. The maximum absolute atomic E-state index is 12.8. The molecule has 0 unspecified atom stereocenters. The van der Waals surface area contributed by atoms with E-state index in [2.05, 4.69) is 21.2 Å². The summed E-state index contributed by atoms with van der Waals surface area (Å²) in [4.78, 5) is 26.4. The molecule has 21 heavy (non-hydrogen) atoms. The summed E-state index contributed by atoms with van der Waals surface area (Å²) in [6, 6.07) is 7.48. The van der Waals surface area contributed by atoms with Crippen LogP contribution in [0.4, 0.5) is 4.79 Å². The molecule has 0 atom stereocenters. The van der Waals surface area contributed by atoms with Gasteiger partial charge in [-0.05, 0) is 30.5 Å². The van der Waals surface area contributed by atoms with Gasteiger partial charge < -0.3 is 5.32 Å². The van der Waals surface area contributed by atoms with Crippen molar-refractivity contribution < 1.29 is 9.59 Å². The topological polar surface area (TPSA) is 49.4 Å². The number of amides is 3. The molecular formula is C16H19BrN2O2. The van der Waals surface area contributed by atoms with Crippen molar-refractivity contribution in [3.63, 3.8) is 0 Å². The van der Waals surface area contributed by atoms with Gasteiger partial charge >= 0.3 is 6.03 Å². The second-order valence-electron chi connectivity index (χ2n) is 5.95. The Kier molecular flexibility index (Phi) is 4.02. The van der Waals surface area contributed by atoms with Crippen molar-refractivity contribution in [2.75, 3.05) is 0 Å². The Balaban J connectivity index is 1.80. The second kappa shape index (κ2) is 5.79. The second-order valence-corrected chi connectivity index (χ2v) is 6.86.